The smallest absolute Gasteiger partial charge is 0.251 e. The lowest BCUT2D eigenvalue weighted by Gasteiger charge is -2.37. The number of hydrogen-bond acceptors (Lipinski definition) is 4. The van der Waals surface area contributed by atoms with Gasteiger partial charge in [-0.3, -0.25) is 9.79 Å². The molecule has 178 valence electrons. The zero-order valence-corrected chi connectivity index (χ0v) is 21.4. The van der Waals surface area contributed by atoms with Crippen molar-refractivity contribution >= 4 is 35.8 Å². The summed E-state index contributed by atoms with van der Waals surface area (Å²) in [5.41, 5.74) is 2.23. The quantitative estimate of drug-likeness (QED) is 0.253. The van der Waals surface area contributed by atoms with Crippen LogP contribution in [0.5, 0.6) is 5.75 Å². The Morgan fingerprint density at radius 2 is 1.76 bits per heavy atom. The Bertz CT molecular complexity index is 911. The first-order valence-corrected chi connectivity index (χ1v) is 11.4. The Morgan fingerprint density at radius 3 is 2.45 bits per heavy atom. The lowest BCUT2D eigenvalue weighted by atomic mass is 10.1. The zero-order valence-electron chi connectivity index (χ0n) is 19.1. The number of piperazine rings is 1. The number of nitrogens with zero attached hydrogens (tertiary/aromatic N) is 3. The summed E-state index contributed by atoms with van der Waals surface area (Å²) in [5, 5.41) is 3.39. The predicted octanol–water partition coefficient (Wildman–Crippen LogP) is 3.25. The van der Waals surface area contributed by atoms with Gasteiger partial charge in [0.15, 0.2) is 5.96 Å². The summed E-state index contributed by atoms with van der Waals surface area (Å²) in [7, 11) is 1.79. The van der Waals surface area contributed by atoms with Gasteiger partial charge in [-0.25, -0.2) is 0 Å². The van der Waals surface area contributed by atoms with E-state index in [1.807, 2.05) is 41.3 Å². The third-order valence-corrected chi connectivity index (χ3v) is 5.92. The Morgan fingerprint density at radius 1 is 1.06 bits per heavy atom. The molecule has 1 unspecified atom stereocenters. The molecule has 1 atom stereocenters. The third kappa shape index (κ3) is 6.60. The molecule has 0 radical (unpaired) electrons. The fourth-order valence-corrected chi connectivity index (χ4v) is 4.22. The molecule has 0 spiro atoms. The van der Waals surface area contributed by atoms with E-state index in [1.54, 1.807) is 7.05 Å². The number of para-hydroxylation sites is 1. The van der Waals surface area contributed by atoms with E-state index < -0.39 is 0 Å². The monoisotopic (exact) mass is 564 g/mol. The second-order valence-corrected chi connectivity index (χ2v) is 8.00. The first-order chi connectivity index (χ1) is 15.8. The lowest BCUT2D eigenvalue weighted by Crippen LogP contribution is -2.55. The molecular formula is C25H33IN4O3. The number of aliphatic imine (C=N–C) groups is 1. The highest BCUT2D eigenvalue weighted by Crippen LogP contribution is 2.29. The van der Waals surface area contributed by atoms with Crippen molar-refractivity contribution in [2.45, 2.75) is 18.9 Å². The van der Waals surface area contributed by atoms with Crippen LogP contribution in [0.15, 0.2) is 59.6 Å². The molecule has 2 fully saturated rings. The van der Waals surface area contributed by atoms with Gasteiger partial charge in [0, 0.05) is 45.4 Å². The van der Waals surface area contributed by atoms with Crippen LogP contribution in [0.25, 0.3) is 11.1 Å². The number of carbonyl (C=O) groups is 1. The maximum absolute atomic E-state index is 12.5. The predicted molar refractivity (Wildman–Crippen MR) is 141 cm³/mol. The van der Waals surface area contributed by atoms with E-state index in [0.29, 0.717) is 32.8 Å². The first-order valence-electron chi connectivity index (χ1n) is 11.4. The molecule has 1 N–H and O–H groups in total. The maximum atomic E-state index is 12.5. The van der Waals surface area contributed by atoms with Crippen LogP contribution in [0.3, 0.4) is 0 Å². The van der Waals surface area contributed by atoms with Crippen molar-refractivity contribution in [3.05, 3.63) is 54.6 Å². The summed E-state index contributed by atoms with van der Waals surface area (Å²) in [6, 6.07) is 18.4. The summed E-state index contributed by atoms with van der Waals surface area (Å²) in [6.07, 6.45) is 1.58. The molecule has 0 bridgehead atoms. The van der Waals surface area contributed by atoms with Crippen molar-refractivity contribution < 1.29 is 14.3 Å². The summed E-state index contributed by atoms with van der Waals surface area (Å²) < 4.78 is 11.6. The minimum Gasteiger partial charge on any atom is -0.491 e. The number of benzene rings is 2. The van der Waals surface area contributed by atoms with Crippen molar-refractivity contribution in [1.82, 2.24) is 15.1 Å². The van der Waals surface area contributed by atoms with Crippen molar-refractivity contribution in [2.75, 3.05) is 53.0 Å². The molecule has 2 heterocycles. The van der Waals surface area contributed by atoms with Gasteiger partial charge in [-0.2, -0.15) is 0 Å². The average molecular weight is 564 g/mol. The van der Waals surface area contributed by atoms with Gasteiger partial charge in [0.2, 0.25) is 0 Å². The molecule has 2 aromatic rings. The van der Waals surface area contributed by atoms with Crippen LogP contribution in [-0.4, -0.2) is 80.8 Å². The Balaban J connectivity index is 0.00000306. The van der Waals surface area contributed by atoms with E-state index in [9.17, 15) is 4.79 Å². The third-order valence-electron chi connectivity index (χ3n) is 5.92. The lowest BCUT2D eigenvalue weighted by molar-refractivity contribution is -0.142. The number of rotatable bonds is 6. The van der Waals surface area contributed by atoms with E-state index in [2.05, 4.69) is 33.4 Å². The van der Waals surface area contributed by atoms with Gasteiger partial charge in [-0.1, -0.05) is 48.5 Å². The van der Waals surface area contributed by atoms with E-state index in [4.69, 9.17) is 9.47 Å². The standard InChI is InChI=1S/C25H32N4O3.HI/c1-26-25(29-16-14-28(15-17-29)24(30)23-12-7-18-31-23)27-13-19-32-22-11-6-5-10-21(22)20-8-3-2-4-9-20;/h2-6,8-11,23H,7,12-19H2,1H3,(H,26,27);1H. The van der Waals surface area contributed by atoms with Gasteiger partial charge in [0.05, 0.1) is 6.54 Å². The van der Waals surface area contributed by atoms with Crippen LogP contribution in [0.1, 0.15) is 12.8 Å². The van der Waals surface area contributed by atoms with Crippen LogP contribution >= 0.6 is 24.0 Å². The molecular weight excluding hydrogens is 531 g/mol. The minimum absolute atomic E-state index is 0. The van der Waals surface area contributed by atoms with Crippen LogP contribution in [0, 0.1) is 0 Å². The molecule has 33 heavy (non-hydrogen) atoms. The van der Waals surface area contributed by atoms with Crippen molar-refractivity contribution in [2.24, 2.45) is 4.99 Å². The Kier molecular flexibility index (Phi) is 9.80. The topological polar surface area (TPSA) is 66.4 Å². The molecule has 2 saturated heterocycles. The molecule has 0 aliphatic carbocycles. The molecule has 0 saturated carbocycles. The highest BCUT2D eigenvalue weighted by Gasteiger charge is 2.30. The van der Waals surface area contributed by atoms with Crippen molar-refractivity contribution in [3.63, 3.8) is 0 Å². The minimum atomic E-state index is -0.241. The molecule has 2 aliphatic rings. The molecule has 1 amide bonds. The van der Waals surface area contributed by atoms with E-state index >= 15 is 0 Å². The van der Waals surface area contributed by atoms with Crippen LogP contribution < -0.4 is 10.1 Å². The van der Waals surface area contributed by atoms with Gasteiger partial charge in [0.25, 0.3) is 5.91 Å². The van der Waals surface area contributed by atoms with Gasteiger partial charge in [0.1, 0.15) is 18.5 Å². The second kappa shape index (κ2) is 12.8. The van der Waals surface area contributed by atoms with Gasteiger partial charge in [-0.15, -0.1) is 24.0 Å². The fourth-order valence-electron chi connectivity index (χ4n) is 4.22. The zero-order chi connectivity index (χ0) is 22.2. The number of carbonyl (C=O) groups excluding carboxylic acids is 1. The van der Waals surface area contributed by atoms with Crippen molar-refractivity contribution in [1.29, 1.82) is 0 Å². The van der Waals surface area contributed by atoms with E-state index in [0.717, 1.165) is 48.8 Å². The van der Waals surface area contributed by atoms with E-state index in [-0.39, 0.29) is 36.0 Å². The van der Waals surface area contributed by atoms with Crippen LogP contribution in [0.2, 0.25) is 0 Å². The maximum Gasteiger partial charge on any atom is 0.251 e. The largest absolute Gasteiger partial charge is 0.491 e. The first kappa shape index (κ1) is 25.3. The molecule has 0 aromatic heterocycles. The van der Waals surface area contributed by atoms with Crippen LogP contribution in [0.4, 0.5) is 0 Å². The van der Waals surface area contributed by atoms with Crippen molar-refractivity contribution in [3.8, 4) is 16.9 Å². The summed E-state index contributed by atoms with van der Waals surface area (Å²) >= 11 is 0. The SMILES string of the molecule is CN=C(NCCOc1ccccc1-c1ccccc1)N1CCN(C(=O)C2CCCO2)CC1.I. The number of nitrogens with one attached hydrogen (secondary N) is 1. The molecule has 7 nitrogen and oxygen atoms in total. The number of amides is 1. The molecule has 2 aromatic carbocycles. The molecule has 4 rings (SSSR count). The number of guanidine groups is 1. The summed E-state index contributed by atoms with van der Waals surface area (Å²) in [5.74, 6) is 1.85. The summed E-state index contributed by atoms with van der Waals surface area (Å²) in [4.78, 5) is 21.1. The average Bonchev–Trinajstić information content (AvgIpc) is 3.40. The van der Waals surface area contributed by atoms with Gasteiger partial charge < -0.3 is 24.6 Å². The molecule has 2 aliphatic heterocycles. The second-order valence-electron chi connectivity index (χ2n) is 8.00. The number of hydrogen-bond donors (Lipinski definition) is 1. The normalized spacial score (nSPS) is 18.6. The number of ether oxygens (including phenoxy) is 2. The van der Waals surface area contributed by atoms with Gasteiger partial charge >= 0.3 is 0 Å². The number of halogens is 1. The Hall–Kier alpha value is -2.33. The highest BCUT2D eigenvalue weighted by atomic mass is 127. The van der Waals surface area contributed by atoms with Gasteiger partial charge in [-0.05, 0) is 24.5 Å². The van der Waals surface area contributed by atoms with Crippen LogP contribution in [-0.2, 0) is 9.53 Å². The van der Waals surface area contributed by atoms with E-state index in [1.165, 1.54) is 0 Å². The Labute approximate surface area is 213 Å². The summed E-state index contributed by atoms with van der Waals surface area (Å²) in [6.45, 7) is 4.78. The molecule has 8 heteroatoms. The fraction of sp³-hybridized carbons (Fsp3) is 0.440. The highest BCUT2D eigenvalue weighted by molar-refractivity contribution is 14.0.